The molecule has 1 atom stereocenters. The van der Waals surface area contributed by atoms with Gasteiger partial charge in [-0.2, -0.15) is 0 Å². The van der Waals surface area contributed by atoms with Gasteiger partial charge in [-0.1, -0.05) is 25.5 Å². The molecular weight excluding hydrogens is 258 g/mol. The van der Waals surface area contributed by atoms with E-state index < -0.39 is 17.9 Å². The van der Waals surface area contributed by atoms with Crippen LogP contribution in [-0.4, -0.2) is 29.6 Å². The van der Waals surface area contributed by atoms with Crippen LogP contribution in [0.4, 0.5) is 0 Å². The Labute approximate surface area is 118 Å². The Hall–Kier alpha value is -2.04. The van der Waals surface area contributed by atoms with Crippen LogP contribution in [0.3, 0.4) is 0 Å². The van der Waals surface area contributed by atoms with Crippen LogP contribution in [0, 0.1) is 13.8 Å². The molecule has 110 valence electrons. The molecule has 1 aromatic rings. The predicted octanol–water partition coefficient (Wildman–Crippen LogP) is 2.05. The molecule has 0 fully saturated rings. The monoisotopic (exact) mass is 279 g/mol. The third kappa shape index (κ3) is 4.91. The molecule has 0 spiro atoms. The van der Waals surface area contributed by atoms with Crippen LogP contribution in [0.15, 0.2) is 18.2 Å². The first kappa shape index (κ1) is 16.0. The number of amides is 1. The summed E-state index contributed by atoms with van der Waals surface area (Å²) in [5.74, 6) is -0.804. The number of carbonyl (C=O) groups excluding carboxylic acids is 1. The summed E-state index contributed by atoms with van der Waals surface area (Å²) in [6.45, 7) is 5.52. The van der Waals surface area contributed by atoms with Crippen molar-refractivity contribution >= 4 is 11.9 Å². The minimum atomic E-state index is -1.02. The topological polar surface area (TPSA) is 75.6 Å². The number of ether oxygens (including phenoxy) is 1. The van der Waals surface area contributed by atoms with Crippen molar-refractivity contribution in [1.82, 2.24) is 5.32 Å². The van der Waals surface area contributed by atoms with Gasteiger partial charge < -0.3 is 15.2 Å². The molecule has 0 aliphatic carbocycles. The fourth-order valence-corrected chi connectivity index (χ4v) is 1.79. The highest BCUT2D eigenvalue weighted by atomic mass is 16.5. The van der Waals surface area contributed by atoms with E-state index in [1.54, 1.807) is 0 Å². The number of hydrogen-bond acceptors (Lipinski definition) is 3. The Morgan fingerprint density at radius 2 is 2.05 bits per heavy atom. The average Bonchev–Trinajstić information content (AvgIpc) is 2.39. The van der Waals surface area contributed by atoms with E-state index in [1.807, 2.05) is 39.0 Å². The molecule has 20 heavy (non-hydrogen) atoms. The zero-order chi connectivity index (χ0) is 15.1. The molecule has 0 aliphatic heterocycles. The minimum Gasteiger partial charge on any atom is -0.483 e. The summed E-state index contributed by atoms with van der Waals surface area (Å²) in [4.78, 5) is 22.6. The molecule has 0 aromatic heterocycles. The van der Waals surface area contributed by atoms with Crippen LogP contribution in [0.1, 0.15) is 30.9 Å². The van der Waals surface area contributed by atoms with Crippen molar-refractivity contribution in [3.8, 4) is 5.75 Å². The fourth-order valence-electron chi connectivity index (χ4n) is 1.79. The molecule has 0 saturated carbocycles. The first-order valence-electron chi connectivity index (χ1n) is 6.66. The zero-order valence-corrected chi connectivity index (χ0v) is 12.1. The maximum atomic E-state index is 11.7. The summed E-state index contributed by atoms with van der Waals surface area (Å²) < 4.78 is 5.43. The molecule has 0 heterocycles. The molecule has 1 aromatic carbocycles. The van der Waals surface area contributed by atoms with E-state index in [-0.39, 0.29) is 6.61 Å². The smallest absolute Gasteiger partial charge is 0.326 e. The number of carboxylic acids is 1. The van der Waals surface area contributed by atoms with Gasteiger partial charge in [-0.25, -0.2) is 4.79 Å². The van der Waals surface area contributed by atoms with E-state index in [0.29, 0.717) is 18.6 Å². The minimum absolute atomic E-state index is 0.183. The van der Waals surface area contributed by atoms with Gasteiger partial charge in [0, 0.05) is 0 Å². The maximum Gasteiger partial charge on any atom is 0.326 e. The Morgan fingerprint density at radius 3 is 2.65 bits per heavy atom. The van der Waals surface area contributed by atoms with Gasteiger partial charge in [0.05, 0.1) is 0 Å². The summed E-state index contributed by atoms with van der Waals surface area (Å²) in [5.41, 5.74) is 1.98. The third-order valence-corrected chi connectivity index (χ3v) is 2.91. The van der Waals surface area contributed by atoms with Gasteiger partial charge in [0.2, 0.25) is 0 Å². The second kappa shape index (κ2) is 7.53. The zero-order valence-electron chi connectivity index (χ0n) is 12.1. The normalized spacial score (nSPS) is 11.8. The van der Waals surface area contributed by atoms with Gasteiger partial charge in [-0.15, -0.1) is 0 Å². The summed E-state index contributed by atoms with van der Waals surface area (Å²) in [5, 5.41) is 11.4. The van der Waals surface area contributed by atoms with Crippen molar-refractivity contribution in [2.75, 3.05) is 6.61 Å². The molecule has 2 N–H and O–H groups in total. The lowest BCUT2D eigenvalue weighted by Gasteiger charge is -2.14. The van der Waals surface area contributed by atoms with Gasteiger partial charge in [0.15, 0.2) is 6.61 Å². The highest BCUT2D eigenvalue weighted by Gasteiger charge is 2.18. The van der Waals surface area contributed by atoms with Crippen molar-refractivity contribution in [3.05, 3.63) is 29.3 Å². The fraction of sp³-hybridized carbons (Fsp3) is 0.467. The van der Waals surface area contributed by atoms with E-state index in [4.69, 9.17) is 9.84 Å². The van der Waals surface area contributed by atoms with Gasteiger partial charge in [-0.05, 0) is 37.5 Å². The number of carbonyl (C=O) groups is 2. The average molecular weight is 279 g/mol. The summed E-state index contributed by atoms with van der Waals surface area (Å²) in [6.07, 6.45) is 1.10. The number of rotatable bonds is 7. The van der Waals surface area contributed by atoms with Crippen molar-refractivity contribution in [1.29, 1.82) is 0 Å². The second-order valence-corrected chi connectivity index (χ2v) is 4.80. The molecule has 0 radical (unpaired) electrons. The summed E-state index contributed by atoms with van der Waals surface area (Å²) in [7, 11) is 0. The van der Waals surface area contributed by atoms with Crippen molar-refractivity contribution in [3.63, 3.8) is 0 Å². The molecule has 5 heteroatoms. The van der Waals surface area contributed by atoms with Crippen LogP contribution >= 0.6 is 0 Å². The van der Waals surface area contributed by atoms with Crippen molar-refractivity contribution in [2.24, 2.45) is 0 Å². The van der Waals surface area contributed by atoms with Gasteiger partial charge in [0.1, 0.15) is 11.8 Å². The van der Waals surface area contributed by atoms with Crippen LogP contribution < -0.4 is 10.1 Å². The Bertz CT molecular complexity index is 485. The number of hydrogen-bond donors (Lipinski definition) is 2. The molecule has 0 unspecified atom stereocenters. The Balaban J connectivity index is 2.54. The standard InChI is InChI=1S/C15H21NO4/c1-4-5-12(15(18)19)16-14(17)9-20-13-8-10(2)6-7-11(13)3/h6-8,12H,4-5,9H2,1-3H3,(H,16,17)(H,18,19)/t12-/m0/s1. The second-order valence-electron chi connectivity index (χ2n) is 4.80. The first-order chi connectivity index (χ1) is 9.43. The molecule has 0 saturated heterocycles. The van der Waals surface area contributed by atoms with Gasteiger partial charge >= 0.3 is 5.97 Å². The van der Waals surface area contributed by atoms with Crippen molar-refractivity contribution in [2.45, 2.75) is 39.7 Å². The molecule has 5 nitrogen and oxygen atoms in total. The molecule has 1 rings (SSSR count). The quantitative estimate of drug-likeness (QED) is 0.801. The van der Waals surface area contributed by atoms with E-state index in [0.717, 1.165) is 11.1 Å². The van der Waals surface area contributed by atoms with Crippen molar-refractivity contribution < 1.29 is 19.4 Å². The lowest BCUT2D eigenvalue weighted by Crippen LogP contribution is -2.42. The number of nitrogens with one attached hydrogen (secondary N) is 1. The molecule has 0 aliphatic rings. The Morgan fingerprint density at radius 1 is 1.35 bits per heavy atom. The maximum absolute atomic E-state index is 11.7. The number of carboxylic acid groups (broad SMARTS) is 1. The number of aliphatic carboxylic acids is 1. The van der Waals surface area contributed by atoms with Crippen LogP contribution in [0.5, 0.6) is 5.75 Å². The lowest BCUT2D eigenvalue weighted by atomic mass is 10.1. The largest absolute Gasteiger partial charge is 0.483 e. The highest BCUT2D eigenvalue weighted by molar-refractivity contribution is 5.84. The Kier molecular flexibility index (Phi) is 6.03. The van der Waals surface area contributed by atoms with E-state index in [9.17, 15) is 9.59 Å². The lowest BCUT2D eigenvalue weighted by molar-refractivity contribution is -0.142. The van der Waals surface area contributed by atoms with E-state index in [2.05, 4.69) is 5.32 Å². The SMILES string of the molecule is CCC[C@H](NC(=O)COc1cc(C)ccc1C)C(=O)O. The third-order valence-electron chi connectivity index (χ3n) is 2.91. The van der Waals surface area contributed by atoms with Gasteiger partial charge in [-0.3, -0.25) is 4.79 Å². The molecule has 1 amide bonds. The number of benzene rings is 1. The van der Waals surface area contributed by atoms with Crippen LogP contribution in [0.2, 0.25) is 0 Å². The van der Waals surface area contributed by atoms with Gasteiger partial charge in [0.25, 0.3) is 5.91 Å². The molecule has 0 bridgehead atoms. The predicted molar refractivity (Wildman–Crippen MR) is 75.9 cm³/mol. The van der Waals surface area contributed by atoms with E-state index >= 15 is 0 Å². The molecular formula is C15H21NO4. The summed E-state index contributed by atoms with van der Waals surface area (Å²) in [6, 6.07) is 4.88. The van der Waals surface area contributed by atoms with Crippen LogP contribution in [0.25, 0.3) is 0 Å². The summed E-state index contributed by atoms with van der Waals surface area (Å²) >= 11 is 0. The first-order valence-corrected chi connectivity index (χ1v) is 6.66. The highest BCUT2D eigenvalue weighted by Crippen LogP contribution is 2.18. The van der Waals surface area contributed by atoms with Crippen LogP contribution in [-0.2, 0) is 9.59 Å². The van der Waals surface area contributed by atoms with E-state index in [1.165, 1.54) is 0 Å². The number of aryl methyl sites for hydroxylation is 2.